The third-order valence-corrected chi connectivity index (χ3v) is 4.35. The van der Waals surface area contributed by atoms with Crippen LogP contribution in [0, 0.1) is 0 Å². The predicted octanol–water partition coefficient (Wildman–Crippen LogP) is 6.94. The molecule has 0 bridgehead atoms. The lowest BCUT2D eigenvalue weighted by atomic mass is 10.1. The van der Waals surface area contributed by atoms with Crippen LogP contribution in [0.25, 0.3) is 10.8 Å². The zero-order valence-electron chi connectivity index (χ0n) is 14.7. The molecule has 1 aliphatic rings. The normalized spacial score (nSPS) is 13.9. The molecular weight excluding hydrogens is 288 g/mol. The Labute approximate surface area is 140 Å². The summed E-state index contributed by atoms with van der Waals surface area (Å²) >= 11 is 1.78. The van der Waals surface area contributed by atoms with Crippen molar-refractivity contribution in [2.24, 2.45) is 0 Å². The number of benzene rings is 2. The largest absolute Gasteiger partial charge is 0.490 e. The maximum Gasteiger partial charge on any atom is 0.120 e. The molecule has 2 aromatic rings. The van der Waals surface area contributed by atoms with E-state index in [-0.39, 0.29) is 0 Å². The van der Waals surface area contributed by atoms with Gasteiger partial charge in [-0.2, -0.15) is 0 Å². The van der Waals surface area contributed by atoms with Gasteiger partial charge in [0.1, 0.15) is 5.75 Å². The van der Waals surface area contributed by atoms with Gasteiger partial charge < -0.3 is 4.74 Å². The van der Waals surface area contributed by atoms with Gasteiger partial charge in [0, 0.05) is 4.90 Å². The molecular formula is C20H30OS. The number of hydrogen-bond acceptors (Lipinski definition) is 2. The summed E-state index contributed by atoms with van der Waals surface area (Å²) in [5, 5.41) is 2.56. The second kappa shape index (κ2) is 10.6. The summed E-state index contributed by atoms with van der Waals surface area (Å²) in [5.41, 5.74) is 0. The topological polar surface area (TPSA) is 9.23 Å². The molecule has 0 unspecified atom stereocenters. The molecule has 3 rings (SSSR count). The lowest BCUT2D eigenvalue weighted by molar-refractivity contribution is 0.210. The fraction of sp³-hybridized carbons (Fsp3) is 0.500. The van der Waals surface area contributed by atoms with Crippen LogP contribution in [0.3, 0.4) is 0 Å². The fourth-order valence-electron chi connectivity index (χ4n) is 2.60. The smallest absolute Gasteiger partial charge is 0.120 e. The minimum absolute atomic E-state index is 0.438. The van der Waals surface area contributed by atoms with Crippen LogP contribution in [-0.2, 0) is 0 Å². The standard InChI is InChI=1S/C16H18OS.2C2H6/c1-18-16-9-7-12-10-15(8-6-13(12)11-16)17-14-4-2-3-5-14;2*1-2/h6-11,14H,2-5H2,1H3;2*1-2H3. The third kappa shape index (κ3) is 5.24. The van der Waals surface area contributed by atoms with Gasteiger partial charge in [-0.1, -0.05) is 39.8 Å². The summed E-state index contributed by atoms with van der Waals surface area (Å²) in [5.74, 6) is 1.02. The number of hydrogen-bond donors (Lipinski definition) is 0. The molecule has 0 saturated heterocycles. The number of thioether (sulfide) groups is 1. The van der Waals surface area contributed by atoms with Crippen LogP contribution in [0.1, 0.15) is 53.4 Å². The van der Waals surface area contributed by atoms with Crippen molar-refractivity contribution in [2.45, 2.75) is 64.4 Å². The molecule has 1 saturated carbocycles. The maximum atomic E-state index is 6.03. The van der Waals surface area contributed by atoms with Crippen LogP contribution >= 0.6 is 11.8 Å². The Morgan fingerprint density at radius 3 is 2.09 bits per heavy atom. The van der Waals surface area contributed by atoms with Crippen molar-refractivity contribution >= 4 is 22.5 Å². The van der Waals surface area contributed by atoms with Gasteiger partial charge >= 0.3 is 0 Å². The zero-order valence-corrected chi connectivity index (χ0v) is 15.5. The second-order valence-corrected chi connectivity index (χ2v) is 5.78. The Morgan fingerprint density at radius 1 is 0.864 bits per heavy atom. The van der Waals surface area contributed by atoms with Crippen molar-refractivity contribution in [3.8, 4) is 5.75 Å². The average Bonchev–Trinajstić information content (AvgIpc) is 3.11. The van der Waals surface area contributed by atoms with E-state index in [1.165, 1.54) is 41.4 Å². The second-order valence-electron chi connectivity index (χ2n) is 4.90. The first-order valence-corrected chi connectivity index (χ1v) is 9.82. The molecule has 0 atom stereocenters. The lowest BCUT2D eigenvalue weighted by Gasteiger charge is -2.13. The van der Waals surface area contributed by atoms with E-state index in [4.69, 9.17) is 4.74 Å². The fourth-order valence-corrected chi connectivity index (χ4v) is 3.05. The summed E-state index contributed by atoms with van der Waals surface area (Å²) in [4.78, 5) is 1.31. The van der Waals surface area contributed by atoms with E-state index in [1.54, 1.807) is 11.8 Å². The van der Waals surface area contributed by atoms with Crippen molar-refractivity contribution in [3.63, 3.8) is 0 Å². The molecule has 0 aliphatic heterocycles. The van der Waals surface area contributed by atoms with E-state index in [2.05, 4.69) is 42.7 Å². The first-order valence-electron chi connectivity index (χ1n) is 8.59. The number of rotatable bonds is 3. The van der Waals surface area contributed by atoms with Crippen LogP contribution in [-0.4, -0.2) is 12.4 Å². The van der Waals surface area contributed by atoms with Crippen molar-refractivity contribution in [1.29, 1.82) is 0 Å². The summed E-state index contributed by atoms with van der Waals surface area (Å²) in [7, 11) is 0. The van der Waals surface area contributed by atoms with Crippen LogP contribution in [0.15, 0.2) is 41.3 Å². The van der Waals surface area contributed by atoms with Gasteiger partial charge in [0.05, 0.1) is 6.10 Å². The molecule has 1 nitrogen and oxygen atoms in total. The molecule has 0 radical (unpaired) electrons. The minimum Gasteiger partial charge on any atom is -0.490 e. The Bertz CT molecular complexity index is 544. The van der Waals surface area contributed by atoms with Crippen molar-refractivity contribution in [3.05, 3.63) is 36.4 Å². The Morgan fingerprint density at radius 2 is 1.45 bits per heavy atom. The first-order chi connectivity index (χ1) is 10.8. The molecule has 1 fully saturated rings. The van der Waals surface area contributed by atoms with Crippen molar-refractivity contribution < 1.29 is 4.74 Å². The van der Waals surface area contributed by atoms with E-state index in [9.17, 15) is 0 Å². The van der Waals surface area contributed by atoms with Gasteiger partial charge in [0.15, 0.2) is 0 Å². The molecule has 0 amide bonds. The highest BCUT2D eigenvalue weighted by Crippen LogP contribution is 2.28. The monoisotopic (exact) mass is 318 g/mol. The summed E-state index contributed by atoms with van der Waals surface area (Å²) in [6, 6.07) is 13.0. The summed E-state index contributed by atoms with van der Waals surface area (Å²) < 4.78 is 6.03. The number of fused-ring (bicyclic) bond motifs is 1. The number of ether oxygens (including phenoxy) is 1. The molecule has 0 N–H and O–H groups in total. The molecule has 0 aromatic heterocycles. The van der Waals surface area contributed by atoms with Gasteiger partial charge in [-0.05, 0) is 67.0 Å². The van der Waals surface area contributed by atoms with E-state index in [1.807, 2.05) is 27.7 Å². The molecule has 22 heavy (non-hydrogen) atoms. The average molecular weight is 319 g/mol. The van der Waals surface area contributed by atoms with Crippen LogP contribution < -0.4 is 4.74 Å². The Hall–Kier alpha value is -1.15. The van der Waals surface area contributed by atoms with Gasteiger partial charge in [0.25, 0.3) is 0 Å². The van der Waals surface area contributed by atoms with E-state index < -0.39 is 0 Å². The summed E-state index contributed by atoms with van der Waals surface area (Å²) in [6.45, 7) is 8.00. The van der Waals surface area contributed by atoms with E-state index in [0.717, 1.165) is 5.75 Å². The van der Waals surface area contributed by atoms with Crippen LogP contribution in [0.4, 0.5) is 0 Å². The highest BCUT2D eigenvalue weighted by atomic mass is 32.2. The zero-order chi connectivity index (χ0) is 16.4. The van der Waals surface area contributed by atoms with Crippen molar-refractivity contribution in [1.82, 2.24) is 0 Å². The quantitative estimate of drug-likeness (QED) is 0.567. The minimum atomic E-state index is 0.438. The van der Waals surface area contributed by atoms with E-state index in [0.29, 0.717) is 6.10 Å². The maximum absolute atomic E-state index is 6.03. The highest BCUT2D eigenvalue weighted by molar-refractivity contribution is 7.98. The first kappa shape index (κ1) is 18.9. The van der Waals surface area contributed by atoms with Gasteiger partial charge in [0.2, 0.25) is 0 Å². The Kier molecular flexibility index (Phi) is 9.07. The molecule has 122 valence electrons. The Balaban J connectivity index is 0.000000561. The predicted molar refractivity (Wildman–Crippen MR) is 101 cm³/mol. The highest BCUT2D eigenvalue weighted by Gasteiger charge is 2.16. The molecule has 0 heterocycles. The molecule has 2 heteroatoms. The third-order valence-electron chi connectivity index (χ3n) is 3.62. The van der Waals surface area contributed by atoms with Crippen LogP contribution in [0.5, 0.6) is 5.75 Å². The SMILES string of the molecule is CC.CC.CSc1ccc2cc(OC3CCCC3)ccc2c1. The molecule has 1 aliphatic carbocycles. The van der Waals surface area contributed by atoms with Gasteiger partial charge in [-0.3, -0.25) is 0 Å². The van der Waals surface area contributed by atoms with Crippen molar-refractivity contribution in [2.75, 3.05) is 6.26 Å². The van der Waals surface area contributed by atoms with E-state index >= 15 is 0 Å². The lowest BCUT2D eigenvalue weighted by Crippen LogP contribution is -2.10. The van der Waals surface area contributed by atoms with Gasteiger partial charge in [-0.15, -0.1) is 11.8 Å². The van der Waals surface area contributed by atoms with Crippen LogP contribution in [0.2, 0.25) is 0 Å². The van der Waals surface area contributed by atoms with Gasteiger partial charge in [-0.25, -0.2) is 0 Å². The summed E-state index contributed by atoms with van der Waals surface area (Å²) in [6.07, 6.45) is 7.60. The molecule has 2 aromatic carbocycles. The molecule has 0 spiro atoms.